The summed E-state index contributed by atoms with van der Waals surface area (Å²) in [7, 11) is 0. The Morgan fingerprint density at radius 1 is 1.38 bits per heavy atom. The van der Waals surface area contributed by atoms with Crippen LogP contribution in [0.4, 0.5) is 0 Å². The van der Waals surface area contributed by atoms with E-state index in [9.17, 15) is 5.11 Å². The minimum atomic E-state index is -0.797. The highest BCUT2D eigenvalue weighted by molar-refractivity contribution is 5.01. The number of hydrogen-bond donors (Lipinski definition) is 2. The van der Waals surface area contributed by atoms with E-state index in [0.29, 0.717) is 6.42 Å². The third kappa shape index (κ3) is 7.75. The summed E-state index contributed by atoms with van der Waals surface area (Å²) in [6.07, 6.45) is 6.87. The zero-order chi connectivity index (χ0) is 10.3. The summed E-state index contributed by atoms with van der Waals surface area (Å²) in [6.45, 7) is 5.81. The molecule has 0 amide bonds. The number of rotatable bonds is 5. The van der Waals surface area contributed by atoms with Crippen LogP contribution in [0.15, 0.2) is 23.8 Å². The van der Waals surface area contributed by atoms with Crippen LogP contribution in [0, 0.1) is 0 Å². The highest BCUT2D eigenvalue weighted by atomic mass is 16.3. The fraction of sp³-hybridized carbons (Fsp3) is 0.636. The van der Waals surface area contributed by atoms with Crippen LogP contribution in [0.5, 0.6) is 0 Å². The van der Waals surface area contributed by atoms with E-state index in [1.807, 2.05) is 13.8 Å². The third-order valence-electron chi connectivity index (χ3n) is 1.79. The van der Waals surface area contributed by atoms with Crippen molar-refractivity contribution in [2.24, 2.45) is 0 Å². The van der Waals surface area contributed by atoms with E-state index in [2.05, 4.69) is 6.08 Å². The lowest BCUT2D eigenvalue weighted by Gasteiger charge is -2.17. The summed E-state index contributed by atoms with van der Waals surface area (Å²) in [5.74, 6) is 0. The smallest absolute Gasteiger partial charge is 0.0803 e. The van der Waals surface area contributed by atoms with Crippen LogP contribution in [0.2, 0.25) is 0 Å². The van der Waals surface area contributed by atoms with Crippen molar-refractivity contribution in [2.75, 3.05) is 6.61 Å². The summed E-state index contributed by atoms with van der Waals surface area (Å²) < 4.78 is 0. The van der Waals surface area contributed by atoms with Gasteiger partial charge in [0.1, 0.15) is 0 Å². The lowest BCUT2D eigenvalue weighted by atomic mass is 9.99. The molecule has 0 heterocycles. The molecule has 0 aliphatic rings. The van der Waals surface area contributed by atoms with Gasteiger partial charge in [0.05, 0.1) is 12.2 Å². The maximum absolute atomic E-state index is 9.73. The Labute approximate surface area is 80.6 Å². The molecule has 0 aromatic rings. The Bertz CT molecular complexity index is 186. The topological polar surface area (TPSA) is 40.5 Å². The predicted octanol–water partition coefficient (Wildman–Crippen LogP) is 2.03. The summed E-state index contributed by atoms with van der Waals surface area (Å²) in [4.78, 5) is 0. The second-order valence-corrected chi connectivity index (χ2v) is 3.76. The molecule has 1 atom stereocenters. The lowest BCUT2D eigenvalue weighted by molar-refractivity contribution is 0.102. The minimum Gasteiger partial charge on any atom is -0.392 e. The van der Waals surface area contributed by atoms with Crippen molar-refractivity contribution in [3.8, 4) is 0 Å². The summed E-state index contributed by atoms with van der Waals surface area (Å²) in [5, 5.41) is 18.3. The molecule has 0 rings (SSSR count). The number of allylic oxidation sites excluding steroid dienone is 2. The van der Waals surface area contributed by atoms with Crippen LogP contribution in [-0.4, -0.2) is 22.4 Å². The van der Waals surface area contributed by atoms with Gasteiger partial charge in [-0.1, -0.05) is 23.8 Å². The van der Waals surface area contributed by atoms with Crippen molar-refractivity contribution >= 4 is 0 Å². The van der Waals surface area contributed by atoms with Crippen LogP contribution in [0.3, 0.4) is 0 Å². The van der Waals surface area contributed by atoms with Gasteiger partial charge in [0.25, 0.3) is 0 Å². The molecule has 2 heteroatoms. The number of hydrogen-bond acceptors (Lipinski definition) is 2. The average Bonchev–Trinajstić information content (AvgIpc) is 2.00. The molecule has 0 radical (unpaired) electrons. The van der Waals surface area contributed by atoms with Gasteiger partial charge >= 0.3 is 0 Å². The molecule has 13 heavy (non-hydrogen) atoms. The molecular weight excluding hydrogens is 164 g/mol. The predicted molar refractivity (Wildman–Crippen MR) is 55.5 cm³/mol. The standard InChI is InChI=1S/C11H20O2/c1-10(2)6-4-7-11(3,13)8-5-9-12/h5-6,8,12-13H,4,7,9H2,1-3H3/b8-5+/t11-/m0/s1. The molecule has 76 valence electrons. The monoisotopic (exact) mass is 184 g/mol. The summed E-state index contributed by atoms with van der Waals surface area (Å²) >= 11 is 0. The maximum atomic E-state index is 9.73. The van der Waals surface area contributed by atoms with E-state index in [4.69, 9.17) is 5.11 Å². The molecule has 0 spiro atoms. The van der Waals surface area contributed by atoms with E-state index in [1.165, 1.54) is 5.57 Å². The van der Waals surface area contributed by atoms with E-state index < -0.39 is 5.60 Å². The van der Waals surface area contributed by atoms with E-state index >= 15 is 0 Å². The minimum absolute atomic E-state index is 0.0151. The van der Waals surface area contributed by atoms with Crippen molar-refractivity contribution < 1.29 is 10.2 Å². The summed E-state index contributed by atoms with van der Waals surface area (Å²) in [5.41, 5.74) is 0.469. The second-order valence-electron chi connectivity index (χ2n) is 3.76. The Morgan fingerprint density at radius 2 is 2.00 bits per heavy atom. The molecule has 0 unspecified atom stereocenters. The molecule has 0 aliphatic heterocycles. The molecule has 0 fully saturated rings. The molecule has 0 aromatic carbocycles. The van der Waals surface area contributed by atoms with Gasteiger partial charge in [0, 0.05) is 0 Å². The van der Waals surface area contributed by atoms with Crippen molar-refractivity contribution in [3.63, 3.8) is 0 Å². The first-order valence-electron chi connectivity index (χ1n) is 4.62. The first-order chi connectivity index (χ1) is 5.98. The van der Waals surface area contributed by atoms with Crippen LogP contribution >= 0.6 is 0 Å². The van der Waals surface area contributed by atoms with Crippen molar-refractivity contribution in [1.82, 2.24) is 0 Å². The molecular formula is C11H20O2. The van der Waals surface area contributed by atoms with Gasteiger partial charge in [0.15, 0.2) is 0 Å². The van der Waals surface area contributed by atoms with Gasteiger partial charge in [0.2, 0.25) is 0 Å². The fourth-order valence-electron chi connectivity index (χ4n) is 1.04. The molecule has 0 saturated carbocycles. The summed E-state index contributed by atoms with van der Waals surface area (Å²) in [6, 6.07) is 0. The molecule has 2 nitrogen and oxygen atoms in total. The number of aliphatic hydroxyl groups is 2. The quantitative estimate of drug-likeness (QED) is 0.642. The zero-order valence-electron chi connectivity index (χ0n) is 8.75. The fourth-order valence-corrected chi connectivity index (χ4v) is 1.04. The van der Waals surface area contributed by atoms with E-state index in [1.54, 1.807) is 19.1 Å². The Hall–Kier alpha value is -0.600. The highest BCUT2D eigenvalue weighted by Gasteiger charge is 2.13. The highest BCUT2D eigenvalue weighted by Crippen LogP contribution is 2.14. The van der Waals surface area contributed by atoms with Gasteiger partial charge in [-0.15, -0.1) is 0 Å². The van der Waals surface area contributed by atoms with E-state index in [0.717, 1.165) is 6.42 Å². The zero-order valence-corrected chi connectivity index (χ0v) is 8.75. The Kier molecular flexibility index (Phi) is 5.67. The first-order valence-corrected chi connectivity index (χ1v) is 4.62. The second kappa shape index (κ2) is 5.95. The largest absolute Gasteiger partial charge is 0.392 e. The van der Waals surface area contributed by atoms with Crippen LogP contribution < -0.4 is 0 Å². The SMILES string of the molecule is CC(C)=CCC[C@](C)(O)/C=C/CO. The Balaban J connectivity index is 3.89. The number of aliphatic hydroxyl groups excluding tert-OH is 1. The van der Waals surface area contributed by atoms with Crippen molar-refractivity contribution in [2.45, 2.75) is 39.2 Å². The molecule has 0 saturated heterocycles. The molecule has 2 N–H and O–H groups in total. The van der Waals surface area contributed by atoms with Gasteiger partial charge in [-0.05, 0) is 33.6 Å². The normalized spacial score (nSPS) is 15.8. The van der Waals surface area contributed by atoms with Gasteiger partial charge < -0.3 is 10.2 Å². The third-order valence-corrected chi connectivity index (χ3v) is 1.79. The van der Waals surface area contributed by atoms with Gasteiger partial charge in [-0.2, -0.15) is 0 Å². The first kappa shape index (κ1) is 12.4. The maximum Gasteiger partial charge on any atom is 0.0803 e. The van der Waals surface area contributed by atoms with Crippen LogP contribution in [0.1, 0.15) is 33.6 Å². The molecule has 0 aromatic heterocycles. The van der Waals surface area contributed by atoms with E-state index in [-0.39, 0.29) is 6.61 Å². The average molecular weight is 184 g/mol. The van der Waals surface area contributed by atoms with Crippen LogP contribution in [-0.2, 0) is 0 Å². The van der Waals surface area contributed by atoms with Gasteiger partial charge in [-0.25, -0.2) is 0 Å². The molecule has 0 aliphatic carbocycles. The lowest BCUT2D eigenvalue weighted by Crippen LogP contribution is -2.20. The Morgan fingerprint density at radius 3 is 2.46 bits per heavy atom. The van der Waals surface area contributed by atoms with Crippen molar-refractivity contribution in [3.05, 3.63) is 23.8 Å². The van der Waals surface area contributed by atoms with Crippen molar-refractivity contribution in [1.29, 1.82) is 0 Å². The van der Waals surface area contributed by atoms with Crippen LogP contribution in [0.25, 0.3) is 0 Å². The molecule has 0 bridgehead atoms. The van der Waals surface area contributed by atoms with Gasteiger partial charge in [-0.3, -0.25) is 0 Å².